The van der Waals surface area contributed by atoms with Gasteiger partial charge in [-0.25, -0.2) is 0 Å². The lowest BCUT2D eigenvalue weighted by Crippen LogP contribution is -2.38. The Balaban J connectivity index is 1.62. The second-order valence-corrected chi connectivity index (χ2v) is 7.31. The number of nitrogens with one attached hydrogen (secondary N) is 1. The van der Waals surface area contributed by atoms with Crippen LogP contribution >= 0.6 is 15.9 Å². The smallest absolute Gasteiger partial charge is 0.292 e. The molecule has 0 atom stereocenters. The third-order valence-corrected chi connectivity index (χ3v) is 5.60. The van der Waals surface area contributed by atoms with Crippen molar-refractivity contribution in [2.24, 2.45) is 5.92 Å². The zero-order valence-corrected chi connectivity index (χ0v) is 16.0. The molecule has 0 spiro atoms. The number of benzene rings is 2. The van der Waals surface area contributed by atoms with Crippen molar-refractivity contribution >= 4 is 38.9 Å². The molecule has 26 heavy (non-hydrogen) atoms. The minimum Gasteiger partial charge on any atom is -0.366 e. The van der Waals surface area contributed by atoms with E-state index in [0.717, 1.165) is 15.7 Å². The molecular weight excluding hydrogens is 398 g/mol. The third-order valence-electron chi connectivity index (χ3n) is 4.71. The van der Waals surface area contributed by atoms with E-state index >= 15 is 0 Å². The molecule has 1 amide bonds. The number of aryl methyl sites for hydroxylation is 1. The van der Waals surface area contributed by atoms with Gasteiger partial charge in [0.25, 0.3) is 5.69 Å². The first kappa shape index (κ1) is 18.4. The Hall–Kier alpha value is -2.41. The maximum atomic E-state index is 12.5. The van der Waals surface area contributed by atoms with Crippen molar-refractivity contribution < 1.29 is 9.72 Å². The van der Waals surface area contributed by atoms with Gasteiger partial charge in [-0.15, -0.1) is 0 Å². The Bertz CT molecular complexity index is 833. The number of amides is 1. The number of piperidine rings is 1. The van der Waals surface area contributed by atoms with E-state index in [1.165, 1.54) is 6.07 Å². The molecule has 1 aliphatic rings. The Kier molecular flexibility index (Phi) is 5.56. The van der Waals surface area contributed by atoms with Gasteiger partial charge >= 0.3 is 0 Å². The fourth-order valence-corrected chi connectivity index (χ4v) is 3.48. The van der Waals surface area contributed by atoms with E-state index in [9.17, 15) is 14.9 Å². The van der Waals surface area contributed by atoms with Crippen molar-refractivity contribution in [1.82, 2.24) is 0 Å². The zero-order valence-electron chi connectivity index (χ0n) is 14.4. The summed E-state index contributed by atoms with van der Waals surface area (Å²) in [6.07, 6.45) is 1.35. The van der Waals surface area contributed by atoms with Gasteiger partial charge in [-0.1, -0.05) is 28.1 Å². The molecule has 1 heterocycles. The predicted molar refractivity (Wildman–Crippen MR) is 106 cm³/mol. The van der Waals surface area contributed by atoms with Crippen molar-refractivity contribution in [1.29, 1.82) is 0 Å². The average Bonchev–Trinajstić information content (AvgIpc) is 2.65. The van der Waals surface area contributed by atoms with Crippen LogP contribution in [-0.2, 0) is 4.79 Å². The highest BCUT2D eigenvalue weighted by atomic mass is 79.9. The number of rotatable bonds is 4. The maximum Gasteiger partial charge on any atom is 0.292 e. The quantitative estimate of drug-likeness (QED) is 0.585. The van der Waals surface area contributed by atoms with Crippen LogP contribution in [0.25, 0.3) is 0 Å². The van der Waals surface area contributed by atoms with E-state index in [1.807, 2.05) is 30.0 Å². The molecule has 0 unspecified atom stereocenters. The second kappa shape index (κ2) is 7.86. The number of carbonyl (C=O) groups is 1. The van der Waals surface area contributed by atoms with E-state index < -0.39 is 0 Å². The SMILES string of the molecule is Cc1cc(NC(=O)C2CCN(c3ccccc3[N+](=O)[O-])CC2)ccc1Br. The van der Waals surface area contributed by atoms with Crippen LogP contribution in [0.3, 0.4) is 0 Å². The molecule has 0 saturated carbocycles. The van der Waals surface area contributed by atoms with Gasteiger partial charge in [-0.2, -0.15) is 0 Å². The molecular formula is C19H20BrN3O3. The molecule has 0 radical (unpaired) electrons. The number of hydrogen-bond donors (Lipinski definition) is 1. The Labute approximate surface area is 160 Å². The molecule has 0 aromatic heterocycles. The van der Waals surface area contributed by atoms with Crippen LogP contribution in [0.15, 0.2) is 46.9 Å². The monoisotopic (exact) mass is 417 g/mol. The summed E-state index contributed by atoms with van der Waals surface area (Å²) in [7, 11) is 0. The van der Waals surface area contributed by atoms with Crippen LogP contribution in [0.4, 0.5) is 17.1 Å². The number of nitro groups is 1. The van der Waals surface area contributed by atoms with Gasteiger partial charge in [0.05, 0.1) is 4.92 Å². The fraction of sp³-hybridized carbons (Fsp3) is 0.316. The number of para-hydroxylation sites is 2. The largest absolute Gasteiger partial charge is 0.366 e. The van der Waals surface area contributed by atoms with E-state index in [2.05, 4.69) is 21.2 Å². The van der Waals surface area contributed by atoms with Crippen molar-refractivity contribution in [3.8, 4) is 0 Å². The van der Waals surface area contributed by atoms with E-state index in [-0.39, 0.29) is 22.4 Å². The highest BCUT2D eigenvalue weighted by Crippen LogP contribution is 2.31. The predicted octanol–water partition coefficient (Wildman–Crippen LogP) is 4.52. The first-order valence-corrected chi connectivity index (χ1v) is 9.30. The third kappa shape index (κ3) is 4.04. The number of nitrogens with zero attached hydrogens (tertiary/aromatic N) is 2. The van der Waals surface area contributed by atoms with E-state index in [4.69, 9.17) is 0 Å². The van der Waals surface area contributed by atoms with Crippen molar-refractivity contribution in [2.75, 3.05) is 23.3 Å². The van der Waals surface area contributed by atoms with Gasteiger partial charge < -0.3 is 10.2 Å². The summed E-state index contributed by atoms with van der Waals surface area (Å²) in [4.78, 5) is 25.4. The summed E-state index contributed by atoms with van der Waals surface area (Å²) in [5.41, 5.74) is 2.59. The van der Waals surface area contributed by atoms with Gasteiger partial charge in [0.2, 0.25) is 5.91 Å². The summed E-state index contributed by atoms with van der Waals surface area (Å²) in [5.74, 6) is -0.0769. The van der Waals surface area contributed by atoms with Crippen LogP contribution in [0.1, 0.15) is 18.4 Å². The average molecular weight is 418 g/mol. The van der Waals surface area contributed by atoms with Crippen molar-refractivity contribution in [2.45, 2.75) is 19.8 Å². The summed E-state index contributed by atoms with van der Waals surface area (Å²) in [6, 6.07) is 12.5. The lowest BCUT2D eigenvalue weighted by Gasteiger charge is -2.32. The number of anilines is 2. The molecule has 0 aliphatic carbocycles. The maximum absolute atomic E-state index is 12.5. The standard InChI is InChI=1S/C19H20BrN3O3/c1-13-12-15(6-7-16(13)20)21-19(24)14-8-10-22(11-9-14)17-4-2-3-5-18(17)23(25)26/h2-7,12,14H,8-11H2,1H3,(H,21,24). The van der Waals surface area contributed by atoms with Crippen molar-refractivity contribution in [3.05, 3.63) is 62.6 Å². The molecule has 1 N–H and O–H groups in total. The highest BCUT2D eigenvalue weighted by molar-refractivity contribution is 9.10. The Morgan fingerprint density at radius 1 is 1.23 bits per heavy atom. The molecule has 136 valence electrons. The number of halogens is 1. The van der Waals surface area contributed by atoms with Gasteiger partial charge in [0, 0.05) is 35.2 Å². The first-order valence-electron chi connectivity index (χ1n) is 8.51. The van der Waals surface area contributed by atoms with E-state index in [1.54, 1.807) is 18.2 Å². The zero-order chi connectivity index (χ0) is 18.7. The lowest BCUT2D eigenvalue weighted by molar-refractivity contribution is -0.384. The summed E-state index contributed by atoms with van der Waals surface area (Å²) < 4.78 is 1.01. The first-order chi connectivity index (χ1) is 12.5. The molecule has 2 aromatic carbocycles. The van der Waals surface area contributed by atoms with Gasteiger partial charge in [-0.05, 0) is 49.6 Å². The number of carbonyl (C=O) groups excluding carboxylic acids is 1. The molecule has 7 heteroatoms. The van der Waals surface area contributed by atoms with Gasteiger partial charge in [0.1, 0.15) is 5.69 Å². The van der Waals surface area contributed by atoms with E-state index in [0.29, 0.717) is 31.6 Å². The highest BCUT2D eigenvalue weighted by Gasteiger charge is 2.28. The van der Waals surface area contributed by atoms with Gasteiger partial charge in [-0.3, -0.25) is 14.9 Å². The molecule has 1 saturated heterocycles. The molecule has 1 fully saturated rings. The number of nitro benzene ring substituents is 1. The van der Waals surface area contributed by atoms with Crippen LogP contribution in [-0.4, -0.2) is 23.9 Å². The summed E-state index contributed by atoms with van der Waals surface area (Å²) in [5, 5.41) is 14.2. The Morgan fingerprint density at radius 2 is 1.92 bits per heavy atom. The minimum atomic E-state index is -0.357. The molecule has 6 nitrogen and oxygen atoms in total. The fourth-order valence-electron chi connectivity index (χ4n) is 3.24. The number of hydrogen-bond acceptors (Lipinski definition) is 4. The lowest BCUT2D eigenvalue weighted by atomic mass is 9.95. The molecule has 0 bridgehead atoms. The van der Waals surface area contributed by atoms with Gasteiger partial charge in [0.15, 0.2) is 0 Å². The molecule has 2 aromatic rings. The minimum absolute atomic E-state index is 0.00827. The molecule has 3 rings (SSSR count). The topological polar surface area (TPSA) is 75.5 Å². The summed E-state index contributed by atoms with van der Waals surface area (Å²) in [6.45, 7) is 3.23. The van der Waals surface area contributed by atoms with Crippen LogP contribution in [0.2, 0.25) is 0 Å². The van der Waals surface area contributed by atoms with Crippen LogP contribution < -0.4 is 10.2 Å². The Morgan fingerprint density at radius 3 is 2.58 bits per heavy atom. The van der Waals surface area contributed by atoms with Crippen molar-refractivity contribution in [3.63, 3.8) is 0 Å². The molecule has 1 aliphatic heterocycles. The summed E-state index contributed by atoms with van der Waals surface area (Å²) >= 11 is 3.45. The van der Waals surface area contributed by atoms with Crippen LogP contribution in [0.5, 0.6) is 0 Å². The normalized spacial score (nSPS) is 14.9. The van der Waals surface area contributed by atoms with Crippen LogP contribution in [0, 0.1) is 23.0 Å². The second-order valence-electron chi connectivity index (χ2n) is 6.46.